The molecule has 0 bridgehead atoms. The highest BCUT2D eigenvalue weighted by atomic mass is 32.2. The maximum absolute atomic E-state index is 12.9. The van der Waals surface area contributed by atoms with Gasteiger partial charge in [-0.15, -0.1) is 5.10 Å². The molecule has 8 nitrogen and oxygen atoms in total. The maximum Gasteiger partial charge on any atom is 0.449 e. The number of fused-ring (bicyclic) bond motifs is 1. The largest absolute Gasteiger partial charge is 0.449 e. The third-order valence-corrected chi connectivity index (χ3v) is 5.64. The molecule has 0 radical (unpaired) electrons. The van der Waals surface area contributed by atoms with Crippen molar-refractivity contribution in [1.29, 1.82) is 0 Å². The zero-order valence-corrected chi connectivity index (χ0v) is 15.0. The number of carbonyl (C=O) groups is 1. The van der Waals surface area contributed by atoms with Crippen LogP contribution in [0.15, 0.2) is 22.1 Å². The van der Waals surface area contributed by atoms with E-state index < -0.39 is 27.9 Å². The van der Waals surface area contributed by atoms with E-state index >= 15 is 0 Å². The fourth-order valence-corrected chi connectivity index (χ4v) is 3.53. The SMILES string of the molecule is CCS(=O)(=O)c1ccc(C=O)nc1N1N=c2nc(C(F)(F)F)[nH]c2=CC1C. The van der Waals surface area contributed by atoms with Crippen molar-refractivity contribution in [1.82, 2.24) is 15.0 Å². The lowest BCUT2D eigenvalue weighted by Gasteiger charge is -2.26. The van der Waals surface area contributed by atoms with Gasteiger partial charge in [0.2, 0.25) is 5.82 Å². The van der Waals surface area contributed by atoms with Gasteiger partial charge in [0.15, 0.2) is 27.4 Å². The van der Waals surface area contributed by atoms with Crippen molar-refractivity contribution >= 4 is 28.0 Å². The number of carbonyl (C=O) groups excluding carboxylic acids is 1. The van der Waals surface area contributed by atoms with E-state index in [2.05, 4.69) is 20.1 Å². The first-order chi connectivity index (χ1) is 12.6. The molecule has 3 rings (SSSR count). The summed E-state index contributed by atoms with van der Waals surface area (Å²) in [4.78, 5) is 20.5. The summed E-state index contributed by atoms with van der Waals surface area (Å²) in [6, 6.07) is 1.84. The average Bonchev–Trinajstić information content (AvgIpc) is 3.03. The Hall–Kier alpha value is -2.76. The third kappa shape index (κ3) is 3.44. The number of nitrogens with one attached hydrogen (secondary N) is 1. The summed E-state index contributed by atoms with van der Waals surface area (Å²) in [7, 11) is -3.72. The van der Waals surface area contributed by atoms with E-state index in [1.807, 2.05) is 0 Å². The van der Waals surface area contributed by atoms with Crippen molar-refractivity contribution in [2.45, 2.75) is 31.0 Å². The molecule has 3 heterocycles. The summed E-state index contributed by atoms with van der Waals surface area (Å²) < 4.78 is 63.3. The van der Waals surface area contributed by atoms with Crippen LogP contribution in [0.5, 0.6) is 0 Å². The third-order valence-electron chi connectivity index (χ3n) is 3.89. The standard InChI is InChI=1S/C15H14F3N5O3S/c1-3-27(25,26)11-5-4-9(7-24)19-13(11)23-8(2)6-10-12(22-23)21-14(20-10)15(16,17)18/h4-8H,3H2,1-2H3,(H,20,21,22). The van der Waals surface area contributed by atoms with Crippen LogP contribution in [-0.4, -0.2) is 41.5 Å². The van der Waals surface area contributed by atoms with Crippen LogP contribution in [0.4, 0.5) is 19.0 Å². The predicted octanol–water partition coefficient (Wildman–Crippen LogP) is 0.653. The van der Waals surface area contributed by atoms with E-state index in [9.17, 15) is 26.4 Å². The van der Waals surface area contributed by atoms with Gasteiger partial charge >= 0.3 is 6.18 Å². The number of anilines is 1. The molecule has 0 saturated heterocycles. The number of imidazole rings is 1. The Bertz CT molecular complexity index is 1120. The molecule has 0 aromatic carbocycles. The number of halogens is 3. The molecule has 27 heavy (non-hydrogen) atoms. The monoisotopic (exact) mass is 401 g/mol. The second-order valence-electron chi connectivity index (χ2n) is 5.75. The normalized spacial score (nSPS) is 17.1. The number of aromatic nitrogens is 3. The van der Waals surface area contributed by atoms with Gasteiger partial charge < -0.3 is 4.98 Å². The number of alkyl halides is 3. The average molecular weight is 401 g/mol. The number of hydrogen-bond acceptors (Lipinski definition) is 7. The van der Waals surface area contributed by atoms with Gasteiger partial charge in [0, 0.05) is 0 Å². The van der Waals surface area contributed by atoms with E-state index in [0.29, 0.717) is 6.29 Å². The van der Waals surface area contributed by atoms with Crippen LogP contribution < -0.4 is 15.8 Å². The second kappa shape index (κ2) is 6.44. The molecule has 1 aliphatic rings. The van der Waals surface area contributed by atoms with Gasteiger partial charge in [0.05, 0.1) is 17.1 Å². The zero-order valence-electron chi connectivity index (χ0n) is 14.1. The Balaban J connectivity index is 2.22. The number of pyridine rings is 1. The maximum atomic E-state index is 12.9. The van der Waals surface area contributed by atoms with Crippen molar-refractivity contribution in [3.63, 3.8) is 0 Å². The molecule has 1 unspecified atom stereocenters. The molecule has 0 saturated carbocycles. The van der Waals surface area contributed by atoms with Crippen LogP contribution in [0, 0.1) is 0 Å². The molecule has 1 atom stereocenters. The minimum Gasteiger partial charge on any atom is -0.333 e. The van der Waals surface area contributed by atoms with E-state index in [1.54, 1.807) is 6.92 Å². The van der Waals surface area contributed by atoms with E-state index in [0.717, 1.165) is 5.01 Å². The molecule has 144 valence electrons. The summed E-state index contributed by atoms with van der Waals surface area (Å²) in [6.45, 7) is 3.04. The van der Waals surface area contributed by atoms with Crippen LogP contribution >= 0.6 is 0 Å². The first-order valence-electron chi connectivity index (χ1n) is 7.78. The Labute approximate surface area is 151 Å². The van der Waals surface area contributed by atoms with Crippen LogP contribution in [0.1, 0.15) is 30.2 Å². The van der Waals surface area contributed by atoms with Gasteiger partial charge in [-0.1, -0.05) is 6.92 Å². The van der Waals surface area contributed by atoms with Gasteiger partial charge in [-0.3, -0.25) is 4.79 Å². The molecule has 2 aromatic heterocycles. The lowest BCUT2D eigenvalue weighted by Crippen LogP contribution is -2.42. The molecule has 12 heteroatoms. The first-order valence-corrected chi connectivity index (χ1v) is 9.44. The van der Waals surface area contributed by atoms with Crippen LogP contribution in [0.2, 0.25) is 0 Å². The second-order valence-corrected chi connectivity index (χ2v) is 8.00. The molecule has 0 spiro atoms. The van der Waals surface area contributed by atoms with Crippen LogP contribution in [0.25, 0.3) is 6.08 Å². The minimum absolute atomic E-state index is 0.0359. The highest BCUT2D eigenvalue weighted by molar-refractivity contribution is 7.91. The van der Waals surface area contributed by atoms with Gasteiger partial charge in [-0.25, -0.2) is 23.4 Å². The van der Waals surface area contributed by atoms with Crippen molar-refractivity contribution < 1.29 is 26.4 Å². The molecule has 0 amide bonds. The molecular formula is C15H14F3N5O3S. The van der Waals surface area contributed by atoms with Gasteiger partial charge in [-0.2, -0.15) is 13.2 Å². The Morgan fingerprint density at radius 2 is 2.00 bits per heavy atom. The number of H-pyrrole nitrogens is 1. The summed E-state index contributed by atoms with van der Waals surface area (Å²) in [5.74, 6) is -1.58. The fourth-order valence-electron chi connectivity index (χ4n) is 2.53. The summed E-state index contributed by atoms with van der Waals surface area (Å²) in [5.41, 5.74) is -0.287. The van der Waals surface area contributed by atoms with Crippen LogP contribution in [-0.2, 0) is 16.0 Å². The lowest BCUT2D eigenvalue weighted by molar-refractivity contribution is -0.144. The quantitative estimate of drug-likeness (QED) is 0.754. The Morgan fingerprint density at radius 1 is 1.30 bits per heavy atom. The molecule has 2 aromatic rings. The van der Waals surface area contributed by atoms with Gasteiger partial charge in [-0.05, 0) is 25.1 Å². The van der Waals surface area contributed by atoms with Crippen molar-refractivity contribution in [2.75, 3.05) is 10.8 Å². The van der Waals surface area contributed by atoms with Crippen LogP contribution in [0.3, 0.4) is 0 Å². The lowest BCUT2D eigenvalue weighted by atomic mass is 10.2. The summed E-state index contributed by atoms with van der Waals surface area (Å²) in [5, 5.41) is 5.24. The number of sulfone groups is 1. The number of nitrogens with zero attached hydrogens (tertiary/aromatic N) is 4. The summed E-state index contributed by atoms with van der Waals surface area (Å²) >= 11 is 0. The smallest absolute Gasteiger partial charge is 0.333 e. The number of rotatable bonds is 4. The predicted molar refractivity (Wildman–Crippen MR) is 88.1 cm³/mol. The van der Waals surface area contributed by atoms with Gasteiger partial charge in [0.1, 0.15) is 10.6 Å². The number of hydrogen-bond donors (Lipinski definition) is 1. The Morgan fingerprint density at radius 3 is 2.59 bits per heavy atom. The fraction of sp³-hybridized carbons (Fsp3) is 0.333. The Kier molecular flexibility index (Phi) is 4.54. The number of aromatic amines is 1. The highest BCUT2D eigenvalue weighted by Crippen LogP contribution is 2.28. The number of aldehydes is 1. The minimum atomic E-state index is -4.68. The molecule has 0 fully saturated rings. The first kappa shape index (κ1) is 19.0. The van der Waals surface area contributed by atoms with E-state index in [-0.39, 0.29) is 33.0 Å². The molecule has 1 aliphatic heterocycles. The van der Waals surface area contributed by atoms with Crippen molar-refractivity contribution in [2.24, 2.45) is 5.10 Å². The zero-order chi connectivity index (χ0) is 20.0. The molecular weight excluding hydrogens is 387 g/mol. The highest BCUT2D eigenvalue weighted by Gasteiger charge is 2.35. The van der Waals surface area contributed by atoms with E-state index in [4.69, 9.17) is 0 Å². The molecule has 0 aliphatic carbocycles. The van der Waals surface area contributed by atoms with Gasteiger partial charge in [0.25, 0.3) is 0 Å². The topological polar surface area (TPSA) is 108 Å². The summed E-state index contributed by atoms with van der Waals surface area (Å²) in [6.07, 6.45) is -2.82. The molecule has 1 N–H and O–H groups in total. The van der Waals surface area contributed by atoms with Crippen molar-refractivity contribution in [3.8, 4) is 0 Å². The van der Waals surface area contributed by atoms with Crippen molar-refractivity contribution in [3.05, 3.63) is 34.5 Å². The van der Waals surface area contributed by atoms with E-state index in [1.165, 1.54) is 25.1 Å².